The number of nitrogens with zero attached hydrogens (tertiary/aromatic N) is 1. The molecule has 1 N–H and O–H groups in total. The molecule has 0 bridgehead atoms. The highest BCUT2D eigenvalue weighted by atomic mass is 35.5. The lowest BCUT2D eigenvalue weighted by Gasteiger charge is -2.26. The Hall–Kier alpha value is -3.81. The fourth-order valence-corrected chi connectivity index (χ4v) is 5.52. The van der Waals surface area contributed by atoms with Crippen LogP contribution >= 0.6 is 11.6 Å². The molecule has 0 saturated heterocycles. The normalized spacial score (nSPS) is 12.0. The van der Waals surface area contributed by atoms with Gasteiger partial charge in [0, 0.05) is 5.02 Å². The second-order valence-corrected chi connectivity index (χ2v) is 10.8. The van der Waals surface area contributed by atoms with Crippen LogP contribution in [0, 0.1) is 6.92 Å². The minimum atomic E-state index is -4.10. The van der Waals surface area contributed by atoms with E-state index >= 15 is 0 Å². The third kappa shape index (κ3) is 6.31. The molecule has 1 atom stereocenters. The number of amides is 1. The number of hydrogen-bond donors (Lipinski definition) is 1. The lowest BCUT2D eigenvalue weighted by atomic mass is 9.98. The molecule has 0 spiro atoms. The van der Waals surface area contributed by atoms with Gasteiger partial charge in [0.2, 0.25) is 5.91 Å². The molecule has 0 unspecified atom stereocenters. The second-order valence-electron chi connectivity index (χ2n) is 8.49. The number of carbonyl (C=O) groups is 1. The molecule has 1 amide bonds. The molecule has 0 aliphatic rings. The summed E-state index contributed by atoms with van der Waals surface area (Å²) in [6.45, 7) is 1.55. The Kier molecular flexibility index (Phi) is 8.16. The van der Waals surface area contributed by atoms with Crippen molar-refractivity contribution >= 4 is 33.2 Å². The molecule has 0 heterocycles. The Labute approximate surface area is 222 Å². The Morgan fingerprint density at radius 3 is 2.16 bits per heavy atom. The fourth-order valence-electron chi connectivity index (χ4n) is 3.92. The summed E-state index contributed by atoms with van der Waals surface area (Å²) in [5, 5.41) is 3.38. The van der Waals surface area contributed by atoms with E-state index in [0.717, 1.165) is 21.0 Å². The number of sulfonamides is 1. The average molecular weight is 535 g/mol. The van der Waals surface area contributed by atoms with Crippen LogP contribution < -0.4 is 14.4 Å². The van der Waals surface area contributed by atoms with E-state index < -0.39 is 28.5 Å². The molecule has 8 heteroatoms. The zero-order valence-corrected chi connectivity index (χ0v) is 22.0. The minimum absolute atomic E-state index is 0.0271. The van der Waals surface area contributed by atoms with E-state index in [2.05, 4.69) is 5.32 Å². The Morgan fingerprint density at radius 2 is 1.54 bits per heavy atom. The summed E-state index contributed by atoms with van der Waals surface area (Å²) in [4.78, 5) is 13.5. The molecular weight excluding hydrogens is 508 g/mol. The molecule has 4 aromatic rings. The monoisotopic (exact) mass is 534 g/mol. The predicted octanol–water partition coefficient (Wildman–Crippen LogP) is 5.76. The summed E-state index contributed by atoms with van der Waals surface area (Å²) >= 11 is 6.18. The van der Waals surface area contributed by atoms with Gasteiger partial charge in [0.15, 0.2) is 0 Å². The summed E-state index contributed by atoms with van der Waals surface area (Å²) in [7, 11) is -2.60. The zero-order valence-electron chi connectivity index (χ0n) is 20.5. The van der Waals surface area contributed by atoms with Gasteiger partial charge in [0.25, 0.3) is 10.0 Å². The van der Waals surface area contributed by atoms with E-state index in [-0.39, 0.29) is 10.6 Å². The van der Waals surface area contributed by atoms with Crippen LogP contribution in [0.3, 0.4) is 0 Å². The van der Waals surface area contributed by atoms with Crippen molar-refractivity contribution in [3.63, 3.8) is 0 Å². The van der Waals surface area contributed by atoms with Crippen LogP contribution in [0.25, 0.3) is 0 Å². The SMILES string of the molecule is COc1ccc(S(=O)(=O)N(CC(=O)N[C@H](c2ccccc2)c2ccc(C)cc2)c2cccc(Cl)c2)cc1. The fraction of sp³-hybridized carbons (Fsp3) is 0.138. The second kappa shape index (κ2) is 11.5. The third-order valence-electron chi connectivity index (χ3n) is 5.88. The van der Waals surface area contributed by atoms with Crippen LogP contribution in [0.5, 0.6) is 5.75 Å². The number of halogens is 1. The minimum Gasteiger partial charge on any atom is -0.497 e. The molecule has 0 aliphatic heterocycles. The van der Waals surface area contributed by atoms with Gasteiger partial charge in [-0.2, -0.15) is 0 Å². The lowest BCUT2D eigenvalue weighted by Crippen LogP contribution is -2.42. The number of carbonyl (C=O) groups excluding carboxylic acids is 1. The van der Waals surface area contributed by atoms with Crippen LogP contribution in [-0.4, -0.2) is 28.0 Å². The Bertz CT molecular complexity index is 1460. The van der Waals surface area contributed by atoms with E-state index in [1.54, 1.807) is 30.3 Å². The van der Waals surface area contributed by atoms with Gasteiger partial charge in [-0.25, -0.2) is 8.42 Å². The number of anilines is 1. The van der Waals surface area contributed by atoms with Crippen molar-refractivity contribution in [3.8, 4) is 5.75 Å². The number of ether oxygens (including phenoxy) is 1. The third-order valence-corrected chi connectivity index (χ3v) is 7.90. The summed E-state index contributed by atoms with van der Waals surface area (Å²) in [5.41, 5.74) is 3.15. The highest BCUT2D eigenvalue weighted by molar-refractivity contribution is 7.92. The van der Waals surface area contributed by atoms with Crippen LogP contribution in [0.4, 0.5) is 5.69 Å². The van der Waals surface area contributed by atoms with E-state index in [0.29, 0.717) is 10.8 Å². The number of hydrogen-bond acceptors (Lipinski definition) is 4. The first-order valence-electron chi connectivity index (χ1n) is 11.6. The van der Waals surface area contributed by atoms with E-state index in [9.17, 15) is 13.2 Å². The average Bonchev–Trinajstić information content (AvgIpc) is 2.91. The summed E-state index contributed by atoms with van der Waals surface area (Å²) in [5.74, 6) is 0.0567. The van der Waals surface area contributed by atoms with Crippen LogP contribution in [0.1, 0.15) is 22.7 Å². The molecule has 6 nitrogen and oxygen atoms in total. The molecule has 0 aliphatic carbocycles. The Morgan fingerprint density at radius 1 is 0.892 bits per heavy atom. The Balaban J connectivity index is 1.68. The number of benzene rings is 4. The van der Waals surface area contributed by atoms with E-state index in [1.807, 2.05) is 61.5 Å². The van der Waals surface area contributed by atoms with Crippen molar-refractivity contribution in [1.82, 2.24) is 5.32 Å². The van der Waals surface area contributed by atoms with Crippen molar-refractivity contribution in [2.75, 3.05) is 18.0 Å². The lowest BCUT2D eigenvalue weighted by molar-refractivity contribution is -0.120. The van der Waals surface area contributed by atoms with Crippen molar-refractivity contribution in [2.45, 2.75) is 17.9 Å². The first-order valence-corrected chi connectivity index (χ1v) is 13.4. The quantitative estimate of drug-likeness (QED) is 0.296. The van der Waals surface area contributed by atoms with Gasteiger partial charge in [-0.15, -0.1) is 0 Å². The van der Waals surface area contributed by atoms with Crippen molar-refractivity contribution in [1.29, 1.82) is 0 Å². The van der Waals surface area contributed by atoms with Gasteiger partial charge >= 0.3 is 0 Å². The van der Waals surface area contributed by atoms with Gasteiger partial charge in [-0.1, -0.05) is 77.8 Å². The largest absolute Gasteiger partial charge is 0.497 e. The molecule has 37 heavy (non-hydrogen) atoms. The maximum atomic E-state index is 13.7. The maximum Gasteiger partial charge on any atom is 0.264 e. The summed E-state index contributed by atoms with van der Waals surface area (Å²) in [6, 6.07) is 29.4. The van der Waals surface area contributed by atoms with Crippen molar-refractivity contribution < 1.29 is 17.9 Å². The summed E-state index contributed by atoms with van der Waals surface area (Å²) in [6.07, 6.45) is 0. The number of methoxy groups -OCH3 is 1. The van der Waals surface area contributed by atoms with Crippen LogP contribution in [0.15, 0.2) is 108 Å². The molecule has 4 aromatic carbocycles. The molecule has 0 saturated carbocycles. The molecule has 0 radical (unpaired) electrons. The van der Waals surface area contributed by atoms with Gasteiger partial charge in [-0.05, 0) is 60.5 Å². The smallest absolute Gasteiger partial charge is 0.264 e. The van der Waals surface area contributed by atoms with Crippen molar-refractivity contribution in [3.05, 3.63) is 125 Å². The van der Waals surface area contributed by atoms with E-state index in [4.69, 9.17) is 16.3 Å². The van der Waals surface area contributed by atoms with Gasteiger partial charge < -0.3 is 10.1 Å². The number of rotatable bonds is 9. The van der Waals surface area contributed by atoms with Crippen LogP contribution in [-0.2, 0) is 14.8 Å². The molecule has 190 valence electrons. The van der Waals surface area contributed by atoms with E-state index in [1.165, 1.54) is 25.3 Å². The highest BCUT2D eigenvalue weighted by Gasteiger charge is 2.29. The van der Waals surface area contributed by atoms with Gasteiger partial charge in [0.1, 0.15) is 12.3 Å². The topological polar surface area (TPSA) is 75.7 Å². The van der Waals surface area contributed by atoms with Crippen LogP contribution in [0.2, 0.25) is 5.02 Å². The first-order chi connectivity index (χ1) is 17.8. The van der Waals surface area contributed by atoms with Gasteiger partial charge in [-0.3, -0.25) is 9.10 Å². The molecular formula is C29H27ClN2O4S. The first kappa shape index (κ1) is 26.3. The predicted molar refractivity (Wildman–Crippen MR) is 147 cm³/mol. The zero-order chi connectivity index (χ0) is 26.4. The molecule has 4 rings (SSSR count). The maximum absolute atomic E-state index is 13.7. The number of nitrogens with one attached hydrogen (secondary N) is 1. The molecule has 0 fully saturated rings. The van der Waals surface area contributed by atoms with Gasteiger partial charge in [0.05, 0.1) is 23.7 Å². The van der Waals surface area contributed by atoms with Crippen molar-refractivity contribution in [2.24, 2.45) is 0 Å². The number of aryl methyl sites for hydroxylation is 1. The standard InChI is InChI=1S/C29H27ClN2O4S/c1-21-11-13-23(14-12-21)29(22-7-4-3-5-8-22)31-28(33)20-32(25-10-6-9-24(30)19-25)37(34,35)27-17-15-26(36-2)16-18-27/h3-19,29H,20H2,1-2H3,(H,31,33)/t29-/m1/s1. The highest BCUT2D eigenvalue weighted by Crippen LogP contribution is 2.28. The summed E-state index contributed by atoms with van der Waals surface area (Å²) < 4.78 is 33.6. The molecule has 0 aromatic heterocycles.